The largest absolute Gasteiger partial charge is 0.497 e. The highest BCUT2D eigenvalue weighted by atomic mass is 32.2. The lowest BCUT2D eigenvalue weighted by atomic mass is 10.2. The number of carbonyl (C=O) groups is 1. The van der Waals surface area contributed by atoms with Crippen molar-refractivity contribution in [2.45, 2.75) is 12.1 Å². The quantitative estimate of drug-likeness (QED) is 0.316. The number of nitro benzene ring substituents is 1. The van der Waals surface area contributed by atoms with Crippen molar-refractivity contribution in [3.8, 4) is 22.9 Å². The van der Waals surface area contributed by atoms with Gasteiger partial charge in [0, 0.05) is 18.2 Å². The molecule has 1 heterocycles. The summed E-state index contributed by atoms with van der Waals surface area (Å²) in [6.07, 6.45) is 0. The smallest absolute Gasteiger partial charge is 0.271 e. The number of nitrogens with zero attached hydrogens (tertiary/aromatic N) is 3. The topological polar surface area (TPSA) is 132 Å². The van der Waals surface area contributed by atoms with Crippen molar-refractivity contribution in [1.29, 1.82) is 0 Å². The number of ether oxygens (including phenoxy) is 2. The van der Waals surface area contributed by atoms with E-state index in [4.69, 9.17) is 9.47 Å². The Morgan fingerprint density at radius 3 is 2.73 bits per heavy atom. The summed E-state index contributed by atoms with van der Waals surface area (Å²) in [6.45, 7) is 1.76. The number of thioether (sulfide) groups is 1. The first-order valence-corrected chi connectivity index (χ1v) is 9.72. The molecule has 0 saturated heterocycles. The zero-order chi connectivity index (χ0) is 21.7. The van der Waals surface area contributed by atoms with Gasteiger partial charge in [0.05, 0.1) is 36.1 Å². The molecule has 0 aliphatic rings. The van der Waals surface area contributed by atoms with Crippen LogP contribution in [0.25, 0.3) is 11.4 Å². The number of hydrogen-bond donors (Lipinski definition) is 2. The van der Waals surface area contributed by atoms with E-state index < -0.39 is 4.92 Å². The molecular formula is C19H19N5O5S. The van der Waals surface area contributed by atoms with Gasteiger partial charge in [0.25, 0.3) is 5.69 Å². The third-order valence-electron chi connectivity index (χ3n) is 4.17. The van der Waals surface area contributed by atoms with Gasteiger partial charge in [-0.1, -0.05) is 17.8 Å². The van der Waals surface area contributed by atoms with E-state index in [0.717, 1.165) is 17.3 Å². The summed E-state index contributed by atoms with van der Waals surface area (Å²) >= 11 is 1.14. The number of aromatic nitrogens is 3. The Kier molecular flexibility index (Phi) is 6.52. The maximum Gasteiger partial charge on any atom is 0.271 e. The second kappa shape index (κ2) is 9.27. The number of nitrogens with one attached hydrogen (secondary N) is 2. The van der Waals surface area contributed by atoms with Gasteiger partial charge in [-0.2, -0.15) is 0 Å². The summed E-state index contributed by atoms with van der Waals surface area (Å²) in [5.74, 6) is 1.43. The maximum absolute atomic E-state index is 12.3. The van der Waals surface area contributed by atoms with E-state index in [-0.39, 0.29) is 17.3 Å². The molecule has 0 saturated carbocycles. The molecule has 0 fully saturated rings. The van der Waals surface area contributed by atoms with Crippen molar-refractivity contribution in [3.63, 3.8) is 0 Å². The Bertz CT molecular complexity index is 1080. The third-order valence-corrected chi connectivity index (χ3v) is 5.01. The molecule has 0 bridgehead atoms. The van der Waals surface area contributed by atoms with Gasteiger partial charge < -0.3 is 14.8 Å². The second-order valence-electron chi connectivity index (χ2n) is 6.13. The monoisotopic (exact) mass is 429 g/mol. The molecule has 3 rings (SSSR count). The van der Waals surface area contributed by atoms with Crippen molar-refractivity contribution >= 4 is 29.0 Å². The summed E-state index contributed by atoms with van der Waals surface area (Å²) in [7, 11) is 3.11. The molecule has 2 N–H and O–H groups in total. The standard InChI is InChI=1S/C19H19N5O5S/c1-11-4-5-12(24(26)27)8-15(11)20-17(25)10-30-19-21-18(22-23-19)14-7-6-13(28-2)9-16(14)29-3/h4-9H,10H2,1-3H3,(H,20,25)(H,21,22,23). The summed E-state index contributed by atoms with van der Waals surface area (Å²) in [5.41, 5.74) is 1.74. The van der Waals surface area contributed by atoms with Crippen LogP contribution in [0.3, 0.4) is 0 Å². The van der Waals surface area contributed by atoms with Crippen molar-refractivity contribution < 1.29 is 19.2 Å². The first-order chi connectivity index (χ1) is 14.4. The molecule has 0 atom stereocenters. The van der Waals surface area contributed by atoms with E-state index in [2.05, 4.69) is 20.5 Å². The van der Waals surface area contributed by atoms with Crippen LogP contribution >= 0.6 is 11.8 Å². The van der Waals surface area contributed by atoms with E-state index in [0.29, 0.717) is 33.7 Å². The molecule has 0 spiro atoms. The van der Waals surface area contributed by atoms with Crippen molar-refractivity contribution in [1.82, 2.24) is 15.2 Å². The number of aryl methyl sites for hydroxylation is 1. The van der Waals surface area contributed by atoms with Crippen molar-refractivity contribution in [3.05, 3.63) is 52.1 Å². The summed E-state index contributed by atoms with van der Waals surface area (Å²) in [6, 6.07) is 9.62. The zero-order valence-electron chi connectivity index (χ0n) is 16.5. The highest BCUT2D eigenvalue weighted by molar-refractivity contribution is 7.99. The second-order valence-corrected chi connectivity index (χ2v) is 7.07. The predicted molar refractivity (Wildman–Crippen MR) is 112 cm³/mol. The van der Waals surface area contributed by atoms with Crippen LogP contribution in [0.4, 0.5) is 11.4 Å². The Labute approximate surface area is 176 Å². The molecule has 0 radical (unpaired) electrons. The SMILES string of the molecule is COc1ccc(-c2nc(SCC(=O)Nc3cc([N+](=O)[O-])ccc3C)n[nH]2)c(OC)c1. The fourth-order valence-electron chi connectivity index (χ4n) is 2.60. The molecule has 10 nitrogen and oxygen atoms in total. The molecule has 0 unspecified atom stereocenters. The van der Waals surface area contributed by atoms with Gasteiger partial charge in [0.2, 0.25) is 11.1 Å². The Balaban J connectivity index is 1.65. The molecule has 2 aromatic carbocycles. The first-order valence-electron chi connectivity index (χ1n) is 8.73. The van der Waals surface area contributed by atoms with Crippen LogP contribution in [0, 0.1) is 17.0 Å². The summed E-state index contributed by atoms with van der Waals surface area (Å²) < 4.78 is 10.6. The van der Waals surface area contributed by atoms with Crippen LogP contribution in [0.5, 0.6) is 11.5 Å². The molecule has 156 valence electrons. The number of benzene rings is 2. The molecule has 0 aliphatic carbocycles. The van der Waals surface area contributed by atoms with Crippen LogP contribution in [0.2, 0.25) is 0 Å². The lowest BCUT2D eigenvalue weighted by molar-refractivity contribution is -0.384. The minimum Gasteiger partial charge on any atom is -0.497 e. The van der Waals surface area contributed by atoms with E-state index in [1.54, 1.807) is 45.4 Å². The molecule has 1 amide bonds. The van der Waals surface area contributed by atoms with Crippen LogP contribution in [0.1, 0.15) is 5.56 Å². The van der Waals surface area contributed by atoms with Crippen molar-refractivity contribution in [2.75, 3.05) is 25.3 Å². The lowest BCUT2D eigenvalue weighted by Gasteiger charge is -2.08. The van der Waals surface area contributed by atoms with Crippen LogP contribution in [-0.4, -0.2) is 46.0 Å². The first kappa shape index (κ1) is 21.1. The number of carbonyl (C=O) groups excluding carboxylic acids is 1. The van der Waals surface area contributed by atoms with Crippen LogP contribution in [-0.2, 0) is 4.79 Å². The highest BCUT2D eigenvalue weighted by Gasteiger charge is 2.15. The highest BCUT2D eigenvalue weighted by Crippen LogP contribution is 2.32. The number of H-pyrrole nitrogens is 1. The average Bonchev–Trinajstić information content (AvgIpc) is 3.22. The summed E-state index contributed by atoms with van der Waals surface area (Å²) in [5, 5.41) is 20.9. The van der Waals surface area contributed by atoms with E-state index in [1.807, 2.05) is 0 Å². The molecule has 30 heavy (non-hydrogen) atoms. The Morgan fingerprint density at radius 2 is 2.03 bits per heavy atom. The third kappa shape index (κ3) is 4.87. The normalized spacial score (nSPS) is 10.5. The van der Waals surface area contributed by atoms with Gasteiger partial charge in [-0.25, -0.2) is 4.98 Å². The van der Waals surface area contributed by atoms with E-state index in [1.165, 1.54) is 12.1 Å². The minimum absolute atomic E-state index is 0.0408. The predicted octanol–water partition coefficient (Wildman–Crippen LogP) is 3.44. The van der Waals surface area contributed by atoms with Gasteiger partial charge >= 0.3 is 0 Å². The number of aromatic amines is 1. The van der Waals surface area contributed by atoms with E-state index in [9.17, 15) is 14.9 Å². The molecule has 11 heteroatoms. The molecule has 1 aromatic heterocycles. The number of amides is 1. The molecular weight excluding hydrogens is 410 g/mol. The van der Waals surface area contributed by atoms with Gasteiger partial charge in [0.15, 0.2) is 5.82 Å². The maximum atomic E-state index is 12.3. The Hall–Kier alpha value is -3.60. The van der Waals surface area contributed by atoms with Gasteiger partial charge in [-0.05, 0) is 24.6 Å². The van der Waals surface area contributed by atoms with Crippen LogP contribution in [0.15, 0.2) is 41.6 Å². The van der Waals surface area contributed by atoms with Crippen LogP contribution < -0.4 is 14.8 Å². The minimum atomic E-state index is -0.507. The zero-order valence-corrected chi connectivity index (χ0v) is 17.3. The number of hydrogen-bond acceptors (Lipinski definition) is 8. The fourth-order valence-corrected chi connectivity index (χ4v) is 3.20. The number of nitro groups is 1. The van der Waals surface area contributed by atoms with Crippen molar-refractivity contribution in [2.24, 2.45) is 0 Å². The Morgan fingerprint density at radius 1 is 1.23 bits per heavy atom. The van der Waals surface area contributed by atoms with E-state index >= 15 is 0 Å². The average molecular weight is 429 g/mol. The number of non-ortho nitro benzene ring substituents is 1. The number of rotatable bonds is 8. The molecule has 3 aromatic rings. The van der Waals surface area contributed by atoms with Gasteiger partial charge in [-0.15, -0.1) is 5.10 Å². The number of methoxy groups -OCH3 is 2. The number of anilines is 1. The molecule has 0 aliphatic heterocycles. The lowest BCUT2D eigenvalue weighted by Crippen LogP contribution is -2.15. The summed E-state index contributed by atoms with van der Waals surface area (Å²) in [4.78, 5) is 27.1. The van der Waals surface area contributed by atoms with Gasteiger partial charge in [-0.3, -0.25) is 20.0 Å². The van der Waals surface area contributed by atoms with Gasteiger partial charge in [0.1, 0.15) is 11.5 Å². The fraction of sp³-hybridized carbons (Fsp3) is 0.211.